The molecule has 0 saturated carbocycles. The van der Waals surface area contributed by atoms with Gasteiger partial charge in [0.05, 0.1) is 28.6 Å². The van der Waals surface area contributed by atoms with Crippen molar-refractivity contribution >= 4 is 40.9 Å². The lowest BCUT2D eigenvalue weighted by Crippen LogP contribution is -2.25. The second-order valence-corrected chi connectivity index (χ2v) is 7.47. The quantitative estimate of drug-likeness (QED) is 0.513. The maximum Gasteiger partial charge on any atom is 0.253 e. The summed E-state index contributed by atoms with van der Waals surface area (Å²) < 4.78 is 15.4. The van der Waals surface area contributed by atoms with Crippen molar-refractivity contribution in [3.05, 3.63) is 70.8 Å². The van der Waals surface area contributed by atoms with Gasteiger partial charge in [-0.3, -0.25) is 9.59 Å². The maximum absolute atomic E-state index is 13.6. The number of carbonyl (C=O) groups excluding carboxylic acids is 2. The Hall–Kier alpha value is -2.91. The smallest absolute Gasteiger partial charge is 0.253 e. The van der Waals surface area contributed by atoms with Gasteiger partial charge >= 0.3 is 0 Å². The Kier molecular flexibility index (Phi) is 7.42. The van der Waals surface area contributed by atoms with E-state index < -0.39 is 5.82 Å². The van der Waals surface area contributed by atoms with Gasteiger partial charge in [-0.1, -0.05) is 47.6 Å². The second-order valence-electron chi connectivity index (χ2n) is 6.12. The molecule has 156 valence electrons. The third-order valence-corrected chi connectivity index (χ3v) is 5.41. The third-order valence-electron chi connectivity index (χ3n) is 4.12. The first-order valence-electron chi connectivity index (χ1n) is 9.11. The van der Waals surface area contributed by atoms with Gasteiger partial charge in [0.25, 0.3) is 5.91 Å². The number of rotatable bonds is 8. The van der Waals surface area contributed by atoms with E-state index >= 15 is 0 Å². The van der Waals surface area contributed by atoms with Gasteiger partial charge < -0.3 is 15.2 Å². The van der Waals surface area contributed by atoms with Crippen LogP contribution in [-0.2, 0) is 17.9 Å². The SMILES string of the molecule is CCn1c(CNC(=O)c2ccccc2Cl)nnc1SCC(=O)Nc1ccccc1F. The van der Waals surface area contributed by atoms with Crippen LogP contribution >= 0.6 is 23.4 Å². The molecule has 0 atom stereocenters. The van der Waals surface area contributed by atoms with Crippen molar-refractivity contribution in [2.45, 2.75) is 25.2 Å². The molecule has 0 saturated heterocycles. The van der Waals surface area contributed by atoms with Crippen LogP contribution in [-0.4, -0.2) is 32.3 Å². The highest BCUT2D eigenvalue weighted by molar-refractivity contribution is 7.99. The van der Waals surface area contributed by atoms with E-state index in [1.165, 1.54) is 23.9 Å². The summed E-state index contributed by atoms with van der Waals surface area (Å²) in [5.41, 5.74) is 0.504. The van der Waals surface area contributed by atoms with Crippen molar-refractivity contribution in [1.29, 1.82) is 0 Å². The van der Waals surface area contributed by atoms with Gasteiger partial charge in [-0.2, -0.15) is 0 Å². The summed E-state index contributed by atoms with van der Waals surface area (Å²) in [6, 6.07) is 12.7. The van der Waals surface area contributed by atoms with E-state index in [1.807, 2.05) is 6.92 Å². The predicted octanol–water partition coefficient (Wildman–Crippen LogP) is 3.75. The number of nitrogens with zero attached hydrogens (tertiary/aromatic N) is 3. The molecule has 1 aromatic heterocycles. The van der Waals surface area contributed by atoms with Crippen molar-refractivity contribution < 1.29 is 14.0 Å². The predicted molar refractivity (Wildman–Crippen MR) is 114 cm³/mol. The third kappa shape index (κ3) is 5.37. The number of aromatic nitrogens is 3. The summed E-state index contributed by atoms with van der Waals surface area (Å²) in [6.07, 6.45) is 0. The molecule has 30 heavy (non-hydrogen) atoms. The molecule has 10 heteroatoms. The summed E-state index contributed by atoms with van der Waals surface area (Å²) in [6.45, 7) is 2.63. The number of anilines is 1. The zero-order chi connectivity index (χ0) is 21.5. The zero-order valence-corrected chi connectivity index (χ0v) is 17.6. The molecule has 7 nitrogen and oxygen atoms in total. The summed E-state index contributed by atoms with van der Waals surface area (Å²) >= 11 is 7.22. The Morgan fingerprint density at radius 1 is 1.13 bits per heavy atom. The van der Waals surface area contributed by atoms with Crippen LogP contribution in [0, 0.1) is 5.82 Å². The number of amides is 2. The van der Waals surface area contributed by atoms with E-state index in [1.54, 1.807) is 41.0 Å². The number of carbonyl (C=O) groups is 2. The van der Waals surface area contributed by atoms with E-state index in [0.717, 1.165) is 0 Å². The van der Waals surface area contributed by atoms with Crippen LogP contribution in [0.1, 0.15) is 23.1 Å². The highest BCUT2D eigenvalue weighted by Gasteiger charge is 2.16. The minimum Gasteiger partial charge on any atom is -0.345 e. The summed E-state index contributed by atoms with van der Waals surface area (Å²) in [5.74, 6) is -0.577. The number of hydrogen-bond donors (Lipinski definition) is 2. The minimum atomic E-state index is -0.496. The number of para-hydroxylation sites is 1. The van der Waals surface area contributed by atoms with Crippen LogP contribution < -0.4 is 10.6 Å². The largest absolute Gasteiger partial charge is 0.345 e. The number of benzene rings is 2. The zero-order valence-electron chi connectivity index (χ0n) is 16.1. The molecule has 2 amide bonds. The topological polar surface area (TPSA) is 88.9 Å². The number of nitrogens with one attached hydrogen (secondary N) is 2. The summed E-state index contributed by atoms with van der Waals surface area (Å²) in [5, 5.41) is 14.4. The Labute approximate surface area is 182 Å². The maximum atomic E-state index is 13.6. The van der Waals surface area contributed by atoms with Crippen molar-refractivity contribution in [3.8, 4) is 0 Å². The molecule has 2 aromatic carbocycles. The van der Waals surface area contributed by atoms with Gasteiger partial charge in [-0.05, 0) is 31.2 Å². The van der Waals surface area contributed by atoms with Gasteiger partial charge in [0, 0.05) is 6.54 Å². The van der Waals surface area contributed by atoms with Crippen LogP contribution in [0.15, 0.2) is 53.7 Å². The van der Waals surface area contributed by atoms with E-state index in [9.17, 15) is 14.0 Å². The minimum absolute atomic E-state index is 0.0401. The number of halogens is 2. The fraction of sp³-hybridized carbons (Fsp3) is 0.200. The Morgan fingerprint density at radius 3 is 2.60 bits per heavy atom. The Bertz CT molecular complexity index is 1060. The lowest BCUT2D eigenvalue weighted by atomic mass is 10.2. The first-order chi connectivity index (χ1) is 14.5. The molecule has 0 aliphatic heterocycles. The molecule has 0 spiro atoms. The van der Waals surface area contributed by atoms with Crippen molar-refractivity contribution in [2.24, 2.45) is 0 Å². The second kappa shape index (κ2) is 10.2. The van der Waals surface area contributed by atoms with E-state index in [0.29, 0.717) is 28.1 Å². The molecule has 3 aromatic rings. The van der Waals surface area contributed by atoms with Gasteiger partial charge in [0.1, 0.15) is 5.82 Å². The van der Waals surface area contributed by atoms with Crippen LogP contribution in [0.3, 0.4) is 0 Å². The van der Waals surface area contributed by atoms with Gasteiger partial charge in [-0.15, -0.1) is 10.2 Å². The van der Waals surface area contributed by atoms with Crippen molar-refractivity contribution in [1.82, 2.24) is 20.1 Å². The highest BCUT2D eigenvalue weighted by Crippen LogP contribution is 2.19. The number of hydrogen-bond acceptors (Lipinski definition) is 5. The lowest BCUT2D eigenvalue weighted by molar-refractivity contribution is -0.113. The standard InChI is InChI=1S/C20H19ClFN5O2S/c1-2-27-17(11-23-19(29)13-7-3-4-8-14(13)21)25-26-20(27)30-12-18(28)24-16-10-6-5-9-15(16)22/h3-10H,2,11-12H2,1H3,(H,23,29)(H,24,28). The van der Waals surface area contributed by atoms with Crippen LogP contribution in [0.4, 0.5) is 10.1 Å². The van der Waals surface area contributed by atoms with E-state index in [2.05, 4.69) is 20.8 Å². The fourth-order valence-corrected chi connectivity index (χ4v) is 3.70. The first-order valence-corrected chi connectivity index (χ1v) is 10.5. The van der Waals surface area contributed by atoms with E-state index in [4.69, 9.17) is 11.6 Å². The number of thioether (sulfide) groups is 1. The molecule has 2 N–H and O–H groups in total. The molecular formula is C20H19ClFN5O2S. The molecule has 0 aliphatic rings. The van der Waals surface area contributed by atoms with Crippen LogP contribution in [0.25, 0.3) is 0 Å². The summed E-state index contributed by atoms with van der Waals surface area (Å²) in [4.78, 5) is 24.4. The van der Waals surface area contributed by atoms with Crippen LogP contribution in [0.2, 0.25) is 5.02 Å². The molecule has 0 fully saturated rings. The monoisotopic (exact) mass is 447 g/mol. The Morgan fingerprint density at radius 2 is 1.87 bits per heavy atom. The fourth-order valence-electron chi connectivity index (χ4n) is 2.65. The molecule has 0 radical (unpaired) electrons. The molecule has 0 unspecified atom stereocenters. The van der Waals surface area contributed by atoms with Gasteiger partial charge in [-0.25, -0.2) is 4.39 Å². The first kappa shape index (κ1) is 21.8. The molecule has 0 bridgehead atoms. The summed E-state index contributed by atoms with van der Waals surface area (Å²) in [7, 11) is 0. The Balaban J connectivity index is 1.58. The van der Waals surface area contributed by atoms with Crippen molar-refractivity contribution in [2.75, 3.05) is 11.1 Å². The normalized spacial score (nSPS) is 10.6. The van der Waals surface area contributed by atoms with Gasteiger partial charge in [0.15, 0.2) is 11.0 Å². The molecule has 3 rings (SSSR count). The van der Waals surface area contributed by atoms with Gasteiger partial charge in [0.2, 0.25) is 5.91 Å². The molecular weight excluding hydrogens is 429 g/mol. The average Bonchev–Trinajstić information content (AvgIpc) is 3.14. The van der Waals surface area contributed by atoms with Crippen LogP contribution in [0.5, 0.6) is 0 Å². The lowest BCUT2D eigenvalue weighted by Gasteiger charge is -2.09. The average molecular weight is 448 g/mol. The highest BCUT2D eigenvalue weighted by atomic mass is 35.5. The molecule has 1 heterocycles. The molecule has 0 aliphatic carbocycles. The van der Waals surface area contributed by atoms with Crippen molar-refractivity contribution in [3.63, 3.8) is 0 Å². The van der Waals surface area contributed by atoms with E-state index in [-0.39, 0.29) is 29.8 Å².